The molecule has 8 nitrogen and oxygen atoms in total. The summed E-state index contributed by atoms with van der Waals surface area (Å²) in [5, 5.41) is 2.39. The van der Waals surface area contributed by atoms with Crippen molar-refractivity contribution in [3.8, 4) is 0 Å². The van der Waals surface area contributed by atoms with Crippen LogP contribution in [0.1, 0.15) is 12.8 Å². The molecule has 1 aliphatic heterocycles. The molecule has 3 aromatic rings. The summed E-state index contributed by atoms with van der Waals surface area (Å²) in [5.41, 5.74) is 0.310. The molecule has 0 unspecified atom stereocenters. The van der Waals surface area contributed by atoms with Gasteiger partial charge in [-0.1, -0.05) is 0 Å². The number of benzene rings is 2. The molecule has 1 atom stereocenters. The van der Waals surface area contributed by atoms with E-state index in [1.807, 2.05) is 0 Å². The van der Waals surface area contributed by atoms with Crippen molar-refractivity contribution in [3.05, 3.63) is 58.6 Å². The summed E-state index contributed by atoms with van der Waals surface area (Å²) < 4.78 is 59.0. The minimum Gasteiger partial charge on any atom is -0.408 e. The molecule has 1 aromatic heterocycles. The number of H-pyrrole nitrogens is 1. The second-order valence-electron chi connectivity index (χ2n) is 6.99. The standard InChI is InChI=1S/C19H17F2N3O5S/c20-12-3-5-15(14(21)8-12)22-18(25)11-2-1-7-24(10-11)30(27,28)13-4-6-16-17(9-13)29-19(26)23-16/h3-6,8-9,11H,1-2,7,10H2,(H,22,25)(H,23,26)/t11-/m1/s1. The first-order valence-corrected chi connectivity index (χ1v) is 10.6. The lowest BCUT2D eigenvalue weighted by molar-refractivity contribution is -0.120. The van der Waals surface area contributed by atoms with Gasteiger partial charge in [0.25, 0.3) is 0 Å². The zero-order chi connectivity index (χ0) is 21.5. The maximum absolute atomic E-state index is 13.8. The van der Waals surface area contributed by atoms with E-state index in [1.165, 1.54) is 22.5 Å². The highest BCUT2D eigenvalue weighted by Gasteiger charge is 2.34. The number of sulfonamides is 1. The molecular formula is C19H17F2N3O5S. The largest absolute Gasteiger partial charge is 0.417 e. The lowest BCUT2D eigenvalue weighted by Gasteiger charge is -2.31. The second-order valence-corrected chi connectivity index (χ2v) is 8.93. The fourth-order valence-corrected chi connectivity index (χ4v) is 4.98. The number of nitrogens with one attached hydrogen (secondary N) is 2. The Morgan fingerprint density at radius 1 is 1.20 bits per heavy atom. The number of amides is 1. The number of fused-ring (bicyclic) bond motifs is 1. The number of piperidine rings is 1. The molecular weight excluding hydrogens is 420 g/mol. The van der Waals surface area contributed by atoms with Crippen LogP contribution in [0.25, 0.3) is 11.1 Å². The third kappa shape index (κ3) is 3.85. The monoisotopic (exact) mass is 437 g/mol. The third-order valence-electron chi connectivity index (χ3n) is 4.97. The molecule has 2 aromatic carbocycles. The Bertz CT molecular complexity index is 1280. The van der Waals surface area contributed by atoms with E-state index >= 15 is 0 Å². The highest BCUT2D eigenvalue weighted by Crippen LogP contribution is 2.27. The average molecular weight is 437 g/mol. The number of aromatic nitrogens is 1. The van der Waals surface area contributed by atoms with E-state index in [1.54, 1.807) is 0 Å². The fourth-order valence-electron chi connectivity index (χ4n) is 3.44. The summed E-state index contributed by atoms with van der Waals surface area (Å²) in [6, 6.07) is 6.81. The summed E-state index contributed by atoms with van der Waals surface area (Å²) in [6.07, 6.45) is 0.858. The van der Waals surface area contributed by atoms with Gasteiger partial charge in [0.05, 0.1) is 22.0 Å². The molecule has 2 N–H and O–H groups in total. The number of oxazole rings is 1. The Balaban J connectivity index is 1.53. The zero-order valence-corrected chi connectivity index (χ0v) is 16.3. The van der Waals surface area contributed by atoms with Gasteiger partial charge in [0, 0.05) is 25.2 Å². The van der Waals surface area contributed by atoms with Crippen LogP contribution in [0.5, 0.6) is 0 Å². The van der Waals surface area contributed by atoms with Crippen LogP contribution in [-0.2, 0) is 14.8 Å². The van der Waals surface area contributed by atoms with Crippen molar-refractivity contribution in [2.75, 3.05) is 18.4 Å². The first-order chi connectivity index (χ1) is 14.2. The van der Waals surface area contributed by atoms with Gasteiger partial charge in [0.2, 0.25) is 15.9 Å². The number of aromatic amines is 1. The van der Waals surface area contributed by atoms with E-state index < -0.39 is 39.2 Å². The van der Waals surface area contributed by atoms with Gasteiger partial charge >= 0.3 is 5.76 Å². The Kier molecular flexibility index (Phi) is 5.16. The normalized spacial score (nSPS) is 17.9. The summed E-state index contributed by atoms with van der Waals surface area (Å²) in [6.45, 7) is 0.123. The summed E-state index contributed by atoms with van der Waals surface area (Å²) in [4.78, 5) is 26.2. The SMILES string of the molecule is O=C(Nc1ccc(F)cc1F)[C@@H]1CCCN(S(=O)(=O)c2ccc3[nH]c(=O)oc3c2)C1. The van der Waals surface area contributed by atoms with Gasteiger partial charge in [-0.2, -0.15) is 4.31 Å². The van der Waals surface area contributed by atoms with Crippen molar-refractivity contribution >= 4 is 32.7 Å². The van der Waals surface area contributed by atoms with Crippen LogP contribution in [0.3, 0.4) is 0 Å². The second kappa shape index (κ2) is 7.65. The number of nitrogens with zero attached hydrogens (tertiary/aromatic N) is 1. The Labute approximate surface area is 169 Å². The number of anilines is 1. The van der Waals surface area contributed by atoms with Crippen molar-refractivity contribution in [2.24, 2.45) is 5.92 Å². The molecule has 30 heavy (non-hydrogen) atoms. The molecule has 0 saturated carbocycles. The van der Waals surface area contributed by atoms with Crippen LogP contribution in [0, 0.1) is 17.6 Å². The Hall–Kier alpha value is -3.05. The van der Waals surface area contributed by atoms with Gasteiger partial charge in [0.15, 0.2) is 5.58 Å². The lowest BCUT2D eigenvalue weighted by atomic mass is 9.98. The molecule has 1 amide bonds. The number of carbonyl (C=O) groups excluding carboxylic acids is 1. The maximum atomic E-state index is 13.8. The van der Waals surface area contributed by atoms with Crippen molar-refractivity contribution in [1.82, 2.24) is 9.29 Å². The fraction of sp³-hybridized carbons (Fsp3) is 0.263. The van der Waals surface area contributed by atoms with E-state index in [-0.39, 0.29) is 29.3 Å². The molecule has 0 aliphatic carbocycles. The van der Waals surface area contributed by atoms with Crippen LogP contribution in [-0.4, -0.2) is 36.7 Å². The lowest BCUT2D eigenvalue weighted by Crippen LogP contribution is -2.43. The van der Waals surface area contributed by atoms with Crippen molar-refractivity contribution in [3.63, 3.8) is 0 Å². The molecule has 1 aliphatic rings. The third-order valence-corrected chi connectivity index (χ3v) is 6.84. The van der Waals surface area contributed by atoms with E-state index in [9.17, 15) is 26.8 Å². The summed E-state index contributed by atoms with van der Waals surface area (Å²) >= 11 is 0. The minimum atomic E-state index is -3.94. The molecule has 4 rings (SSSR count). The van der Waals surface area contributed by atoms with Gasteiger partial charge in [-0.3, -0.25) is 9.78 Å². The van der Waals surface area contributed by atoms with E-state index in [0.29, 0.717) is 24.4 Å². The number of hydrogen-bond donors (Lipinski definition) is 2. The molecule has 158 valence electrons. The number of halogens is 2. The molecule has 1 fully saturated rings. The van der Waals surface area contributed by atoms with Gasteiger partial charge < -0.3 is 9.73 Å². The smallest absolute Gasteiger partial charge is 0.408 e. The van der Waals surface area contributed by atoms with Gasteiger partial charge in [-0.05, 0) is 37.1 Å². The van der Waals surface area contributed by atoms with Crippen LogP contribution < -0.4 is 11.1 Å². The Morgan fingerprint density at radius 3 is 2.77 bits per heavy atom. The Morgan fingerprint density at radius 2 is 2.00 bits per heavy atom. The summed E-state index contributed by atoms with van der Waals surface area (Å²) in [5.74, 6) is -3.62. The topological polar surface area (TPSA) is 112 Å². The number of rotatable bonds is 4. The summed E-state index contributed by atoms with van der Waals surface area (Å²) in [7, 11) is -3.94. The molecule has 0 spiro atoms. The van der Waals surface area contributed by atoms with Gasteiger partial charge in [-0.25, -0.2) is 22.0 Å². The minimum absolute atomic E-state index is 0.0663. The maximum Gasteiger partial charge on any atom is 0.417 e. The zero-order valence-electron chi connectivity index (χ0n) is 15.5. The van der Waals surface area contributed by atoms with Gasteiger partial charge in [-0.15, -0.1) is 0 Å². The van der Waals surface area contributed by atoms with Crippen molar-refractivity contribution in [2.45, 2.75) is 17.7 Å². The van der Waals surface area contributed by atoms with Crippen molar-refractivity contribution < 1.29 is 26.4 Å². The van der Waals surface area contributed by atoms with Gasteiger partial charge in [0.1, 0.15) is 11.6 Å². The first-order valence-electron chi connectivity index (χ1n) is 9.13. The van der Waals surface area contributed by atoms with E-state index in [4.69, 9.17) is 4.42 Å². The molecule has 11 heteroatoms. The molecule has 1 saturated heterocycles. The average Bonchev–Trinajstić information content (AvgIpc) is 3.09. The first kappa shape index (κ1) is 20.2. The predicted molar refractivity (Wildman–Crippen MR) is 103 cm³/mol. The van der Waals surface area contributed by atoms with E-state index in [2.05, 4.69) is 10.3 Å². The van der Waals surface area contributed by atoms with E-state index in [0.717, 1.165) is 12.1 Å². The predicted octanol–water partition coefficient (Wildman–Crippen LogP) is 2.44. The molecule has 0 bridgehead atoms. The van der Waals surface area contributed by atoms with Crippen molar-refractivity contribution in [1.29, 1.82) is 0 Å². The number of hydrogen-bond acceptors (Lipinski definition) is 5. The van der Waals surface area contributed by atoms with Crippen LogP contribution in [0.2, 0.25) is 0 Å². The van der Waals surface area contributed by atoms with Crippen LogP contribution in [0.15, 0.2) is 50.5 Å². The molecule has 0 radical (unpaired) electrons. The van der Waals surface area contributed by atoms with Crippen LogP contribution in [0.4, 0.5) is 14.5 Å². The highest BCUT2D eigenvalue weighted by molar-refractivity contribution is 7.89. The van der Waals surface area contributed by atoms with Crippen LogP contribution >= 0.6 is 0 Å². The number of carbonyl (C=O) groups is 1. The quantitative estimate of drug-likeness (QED) is 0.651. The highest BCUT2D eigenvalue weighted by atomic mass is 32.2. The molecule has 2 heterocycles.